The molecule has 0 spiro atoms. The maximum Gasteiger partial charge on any atom is 0.157 e. The highest BCUT2D eigenvalue weighted by atomic mass is 79.9. The molecule has 0 amide bonds. The monoisotopic (exact) mass is 246 g/mol. The molecule has 1 aromatic rings. The van der Waals surface area contributed by atoms with E-state index >= 15 is 0 Å². The first kappa shape index (κ1) is 10.6. The Morgan fingerprint density at radius 1 is 1.62 bits per heavy atom. The van der Waals surface area contributed by atoms with Crippen molar-refractivity contribution in [2.45, 2.75) is 26.3 Å². The first-order valence-corrected chi connectivity index (χ1v) is 5.59. The van der Waals surface area contributed by atoms with E-state index in [0.29, 0.717) is 6.04 Å². The van der Waals surface area contributed by atoms with Gasteiger partial charge in [0.15, 0.2) is 5.75 Å². The van der Waals surface area contributed by atoms with E-state index in [0.717, 1.165) is 24.1 Å². The van der Waals surface area contributed by atoms with Crippen molar-refractivity contribution < 1.29 is 4.74 Å². The fourth-order valence-corrected chi connectivity index (χ4v) is 1.15. The molecule has 4 heteroatoms. The third-order valence-electron chi connectivity index (χ3n) is 1.65. The molecule has 3 nitrogen and oxygen atoms in total. The van der Waals surface area contributed by atoms with Crippen molar-refractivity contribution in [1.82, 2.24) is 9.78 Å². The van der Waals surface area contributed by atoms with Crippen LogP contribution in [0.1, 0.15) is 26.3 Å². The largest absolute Gasteiger partial charge is 0.490 e. The van der Waals surface area contributed by atoms with Gasteiger partial charge < -0.3 is 4.74 Å². The fourth-order valence-electron chi connectivity index (χ4n) is 0.922. The zero-order valence-electron chi connectivity index (χ0n) is 8.03. The number of hydrogen-bond acceptors (Lipinski definition) is 2. The van der Waals surface area contributed by atoms with Gasteiger partial charge in [-0.2, -0.15) is 5.10 Å². The Balaban J connectivity index is 2.40. The van der Waals surface area contributed by atoms with E-state index in [4.69, 9.17) is 4.74 Å². The number of ether oxygens (including phenoxy) is 1. The summed E-state index contributed by atoms with van der Waals surface area (Å²) in [6.45, 7) is 4.93. The number of aromatic nitrogens is 2. The molecule has 0 radical (unpaired) electrons. The van der Waals surface area contributed by atoms with E-state index < -0.39 is 0 Å². The molecule has 1 rings (SSSR count). The predicted octanol–water partition coefficient (Wildman–Crippen LogP) is 2.63. The van der Waals surface area contributed by atoms with E-state index in [1.807, 2.05) is 10.9 Å². The third kappa shape index (κ3) is 3.38. The summed E-state index contributed by atoms with van der Waals surface area (Å²) in [4.78, 5) is 0. The van der Waals surface area contributed by atoms with Crippen molar-refractivity contribution >= 4 is 15.9 Å². The second-order valence-corrected chi connectivity index (χ2v) is 3.93. The maximum absolute atomic E-state index is 5.46. The average molecular weight is 247 g/mol. The van der Waals surface area contributed by atoms with Crippen molar-refractivity contribution in [2.24, 2.45) is 0 Å². The highest BCUT2D eigenvalue weighted by Gasteiger charge is 2.01. The lowest BCUT2D eigenvalue weighted by Crippen LogP contribution is -2.00. The molecule has 0 aliphatic heterocycles. The Kier molecular flexibility index (Phi) is 4.28. The topological polar surface area (TPSA) is 27.1 Å². The first-order valence-electron chi connectivity index (χ1n) is 4.47. The van der Waals surface area contributed by atoms with Crippen molar-refractivity contribution in [1.29, 1.82) is 0 Å². The molecule has 0 aliphatic carbocycles. The number of halogens is 1. The van der Waals surface area contributed by atoms with Crippen LogP contribution in [0.15, 0.2) is 12.4 Å². The molecule has 0 unspecified atom stereocenters. The Labute approximate surface area is 87.2 Å². The van der Waals surface area contributed by atoms with Gasteiger partial charge in [0.2, 0.25) is 0 Å². The van der Waals surface area contributed by atoms with Gasteiger partial charge in [-0.25, -0.2) is 0 Å². The Hall–Kier alpha value is -0.510. The van der Waals surface area contributed by atoms with Gasteiger partial charge >= 0.3 is 0 Å². The number of rotatable bonds is 5. The molecule has 0 saturated heterocycles. The second kappa shape index (κ2) is 5.27. The summed E-state index contributed by atoms with van der Waals surface area (Å²) >= 11 is 3.35. The lowest BCUT2D eigenvalue weighted by molar-refractivity contribution is 0.318. The molecule has 0 saturated carbocycles. The van der Waals surface area contributed by atoms with Crippen LogP contribution in [0.5, 0.6) is 5.75 Å². The van der Waals surface area contributed by atoms with Crippen molar-refractivity contribution in [3.05, 3.63) is 12.4 Å². The standard InChI is InChI=1S/C9H15BrN2O/c1-8(2)12-7-9(6-11-12)13-5-3-4-10/h6-8H,3-5H2,1-2H3. The molecule has 0 fully saturated rings. The van der Waals surface area contributed by atoms with Crippen LogP contribution in [0.3, 0.4) is 0 Å². The van der Waals surface area contributed by atoms with Crippen molar-refractivity contribution in [3.8, 4) is 5.75 Å². The molecule has 13 heavy (non-hydrogen) atoms. The average Bonchev–Trinajstić information content (AvgIpc) is 2.53. The van der Waals surface area contributed by atoms with Crippen LogP contribution in [0.4, 0.5) is 0 Å². The summed E-state index contributed by atoms with van der Waals surface area (Å²) in [5.41, 5.74) is 0. The van der Waals surface area contributed by atoms with Crippen LogP contribution < -0.4 is 4.74 Å². The van der Waals surface area contributed by atoms with E-state index in [1.54, 1.807) is 6.20 Å². The molecule has 1 heterocycles. The van der Waals surface area contributed by atoms with Crippen molar-refractivity contribution in [3.63, 3.8) is 0 Å². The van der Waals surface area contributed by atoms with Crippen LogP contribution in [-0.2, 0) is 0 Å². The van der Waals surface area contributed by atoms with Gasteiger partial charge in [-0.1, -0.05) is 15.9 Å². The molecule has 1 aromatic heterocycles. The zero-order valence-corrected chi connectivity index (χ0v) is 9.62. The summed E-state index contributed by atoms with van der Waals surface area (Å²) in [7, 11) is 0. The Morgan fingerprint density at radius 2 is 2.38 bits per heavy atom. The molecule has 0 atom stereocenters. The highest BCUT2D eigenvalue weighted by molar-refractivity contribution is 9.09. The van der Waals surface area contributed by atoms with Gasteiger partial charge in [0, 0.05) is 11.4 Å². The van der Waals surface area contributed by atoms with Crippen LogP contribution >= 0.6 is 15.9 Å². The molecule has 0 bridgehead atoms. The summed E-state index contributed by atoms with van der Waals surface area (Å²) in [5.74, 6) is 0.856. The minimum absolute atomic E-state index is 0.397. The lowest BCUT2D eigenvalue weighted by atomic mass is 10.4. The van der Waals surface area contributed by atoms with Gasteiger partial charge in [0.1, 0.15) is 0 Å². The normalized spacial score (nSPS) is 10.8. The third-order valence-corrected chi connectivity index (χ3v) is 2.21. The van der Waals surface area contributed by atoms with Crippen LogP contribution in [-0.4, -0.2) is 21.7 Å². The van der Waals surface area contributed by atoms with Gasteiger partial charge in [0.25, 0.3) is 0 Å². The SMILES string of the molecule is CC(C)n1cc(OCCCBr)cn1. The first-order chi connectivity index (χ1) is 6.24. The van der Waals surface area contributed by atoms with Crippen LogP contribution in [0.2, 0.25) is 0 Å². The van der Waals surface area contributed by atoms with Gasteiger partial charge in [-0.05, 0) is 20.3 Å². The molecule has 74 valence electrons. The molecule has 0 N–H and O–H groups in total. The van der Waals surface area contributed by atoms with Gasteiger partial charge in [-0.3, -0.25) is 4.68 Å². The second-order valence-electron chi connectivity index (χ2n) is 3.14. The van der Waals surface area contributed by atoms with Crippen molar-refractivity contribution in [2.75, 3.05) is 11.9 Å². The summed E-state index contributed by atoms with van der Waals surface area (Å²) in [6.07, 6.45) is 4.71. The number of nitrogens with zero attached hydrogens (tertiary/aromatic N) is 2. The zero-order chi connectivity index (χ0) is 9.68. The molecule has 0 aromatic carbocycles. The summed E-state index contributed by atoms with van der Waals surface area (Å²) in [5, 5.41) is 5.15. The summed E-state index contributed by atoms with van der Waals surface area (Å²) in [6, 6.07) is 0.397. The fraction of sp³-hybridized carbons (Fsp3) is 0.667. The molecular formula is C9H15BrN2O. The summed E-state index contributed by atoms with van der Waals surface area (Å²) < 4.78 is 7.36. The van der Waals surface area contributed by atoms with E-state index in [2.05, 4.69) is 34.9 Å². The van der Waals surface area contributed by atoms with Crippen LogP contribution in [0.25, 0.3) is 0 Å². The van der Waals surface area contributed by atoms with E-state index in [-0.39, 0.29) is 0 Å². The quantitative estimate of drug-likeness (QED) is 0.590. The predicted molar refractivity (Wildman–Crippen MR) is 56.5 cm³/mol. The van der Waals surface area contributed by atoms with E-state index in [9.17, 15) is 0 Å². The van der Waals surface area contributed by atoms with E-state index in [1.165, 1.54) is 0 Å². The highest BCUT2D eigenvalue weighted by Crippen LogP contribution is 2.12. The molecule has 0 aliphatic rings. The number of hydrogen-bond donors (Lipinski definition) is 0. The van der Waals surface area contributed by atoms with Gasteiger partial charge in [-0.15, -0.1) is 0 Å². The smallest absolute Gasteiger partial charge is 0.157 e. The Bertz CT molecular complexity index is 248. The minimum Gasteiger partial charge on any atom is -0.490 e. The Morgan fingerprint density at radius 3 is 2.92 bits per heavy atom. The minimum atomic E-state index is 0.397. The lowest BCUT2D eigenvalue weighted by Gasteiger charge is -2.03. The van der Waals surface area contributed by atoms with Gasteiger partial charge in [0.05, 0.1) is 19.0 Å². The number of alkyl halides is 1. The van der Waals surface area contributed by atoms with Crippen LogP contribution in [0, 0.1) is 0 Å². The maximum atomic E-state index is 5.46. The molecular weight excluding hydrogens is 232 g/mol.